The molecule has 15 heavy (non-hydrogen) atoms. The number of phosphoric acid groups is 2. The van der Waals surface area contributed by atoms with Gasteiger partial charge in [0.25, 0.3) is 0 Å². The van der Waals surface area contributed by atoms with Crippen molar-refractivity contribution in [2.45, 2.75) is 0 Å². The van der Waals surface area contributed by atoms with Gasteiger partial charge in [0.15, 0.2) is 0 Å². The Labute approximate surface area is 92.4 Å². The van der Waals surface area contributed by atoms with E-state index in [1.165, 1.54) is 7.85 Å². The van der Waals surface area contributed by atoms with Gasteiger partial charge in [-0.05, 0) is 0 Å². The second-order valence-corrected chi connectivity index (χ2v) is 11.4. The van der Waals surface area contributed by atoms with Crippen LogP contribution in [0, 0.1) is 0 Å². The van der Waals surface area contributed by atoms with Crippen LogP contribution in [0.4, 0.5) is 0 Å². The molecule has 14 heteroatoms. The van der Waals surface area contributed by atoms with Gasteiger partial charge in [0.05, 0.1) is 0 Å². The van der Waals surface area contributed by atoms with Gasteiger partial charge in [-0.15, -0.1) is 0 Å². The van der Waals surface area contributed by atoms with Crippen LogP contribution in [0.3, 0.4) is 0 Å². The Balaban J connectivity index is 4.51. The minimum absolute atomic E-state index is 0.110. The molecule has 7 nitrogen and oxygen atoms in total. The van der Waals surface area contributed by atoms with Gasteiger partial charge in [0.1, 0.15) is 0 Å². The van der Waals surface area contributed by atoms with Gasteiger partial charge in [-0.3, -0.25) is 0 Å². The predicted octanol–water partition coefficient (Wildman–Crippen LogP) is -2.86. The van der Waals surface area contributed by atoms with Crippen LogP contribution in [0.25, 0.3) is 0 Å². The van der Waals surface area contributed by atoms with Crippen LogP contribution < -0.4 is 0 Å². The summed E-state index contributed by atoms with van der Waals surface area (Å²) in [7, 11) is -5.02. The summed E-state index contributed by atoms with van der Waals surface area (Å²) in [5.41, 5.74) is 0. The SMILES string of the molecule is BCOP(=O)(O)OP(=O)(O)O[PH](B)(B)B. The Morgan fingerprint density at radius 2 is 1.60 bits per heavy atom. The summed E-state index contributed by atoms with van der Waals surface area (Å²) in [5, 5.41) is 0. The molecule has 0 aromatic rings. The summed E-state index contributed by atoms with van der Waals surface area (Å²) >= 11 is 0. The van der Waals surface area contributed by atoms with E-state index in [0.29, 0.717) is 0 Å². The van der Waals surface area contributed by atoms with Crippen molar-refractivity contribution < 1.29 is 32.1 Å². The topological polar surface area (TPSA) is 102 Å². The fraction of sp³-hybridized carbons (Fsp3) is 1.00. The molecular weight excluding hydrogens is 260 g/mol. The molecule has 2 N–H and O–H groups in total. The molecule has 0 aromatic heterocycles. The van der Waals surface area contributed by atoms with Crippen LogP contribution in [-0.4, -0.2) is 46.8 Å². The molecule has 0 fully saturated rings. The molecule has 0 spiro atoms. The second kappa shape index (κ2) is 5.52. The molecule has 0 amide bonds. The Bertz CT molecular complexity index is 299. The van der Waals surface area contributed by atoms with Crippen molar-refractivity contribution in [3.8, 4) is 0 Å². The summed E-state index contributed by atoms with van der Waals surface area (Å²) in [5.74, 6) is 0. The first-order valence-corrected chi connectivity index (χ1v) is 10.6. The molecule has 2 unspecified atom stereocenters. The quantitative estimate of drug-likeness (QED) is 0.396. The molecule has 2 atom stereocenters. The average Bonchev–Trinajstić information content (AvgIpc) is 1.74. The van der Waals surface area contributed by atoms with Crippen molar-refractivity contribution in [2.75, 3.05) is 6.51 Å². The van der Waals surface area contributed by atoms with Crippen molar-refractivity contribution in [2.24, 2.45) is 0 Å². The van der Waals surface area contributed by atoms with E-state index in [0.717, 1.165) is 0 Å². The van der Waals surface area contributed by atoms with Crippen LogP contribution in [0.2, 0.25) is 0 Å². The summed E-state index contributed by atoms with van der Waals surface area (Å²) in [4.78, 5) is 18.1. The van der Waals surface area contributed by atoms with Gasteiger partial charge in [-0.25, -0.2) is 0 Å². The van der Waals surface area contributed by atoms with E-state index in [1.54, 1.807) is 22.7 Å². The predicted molar refractivity (Wildman–Crippen MR) is 70.3 cm³/mol. The number of rotatable bonds is 6. The van der Waals surface area contributed by atoms with E-state index in [2.05, 4.69) is 8.83 Å². The summed E-state index contributed by atoms with van der Waals surface area (Å²) < 4.78 is 35.3. The van der Waals surface area contributed by atoms with E-state index in [4.69, 9.17) is 14.1 Å². The summed E-state index contributed by atoms with van der Waals surface area (Å²) in [6.45, 7) is -0.110. The first-order chi connectivity index (χ1) is 6.47. The Hall–Kier alpha value is 0.950. The van der Waals surface area contributed by atoms with E-state index >= 15 is 0 Å². The molecule has 0 saturated carbocycles. The van der Waals surface area contributed by atoms with Crippen LogP contribution >= 0.6 is 22.8 Å². The molecule has 0 radical (unpaired) electrons. The van der Waals surface area contributed by atoms with E-state index in [9.17, 15) is 9.13 Å². The molecule has 0 aliphatic heterocycles. The van der Waals surface area contributed by atoms with E-state index in [1.807, 2.05) is 0 Å². The van der Waals surface area contributed by atoms with Crippen LogP contribution in [0.15, 0.2) is 0 Å². The Morgan fingerprint density at radius 3 is 1.93 bits per heavy atom. The Morgan fingerprint density at radius 1 is 1.13 bits per heavy atom. The molecule has 0 aliphatic rings. The van der Waals surface area contributed by atoms with Crippen molar-refractivity contribution in [1.82, 2.24) is 0 Å². The van der Waals surface area contributed by atoms with Crippen LogP contribution in [0.1, 0.15) is 0 Å². The zero-order chi connectivity index (χ0) is 12.3. The van der Waals surface area contributed by atoms with E-state index in [-0.39, 0.29) is 6.51 Å². The van der Waals surface area contributed by atoms with Crippen molar-refractivity contribution >= 4 is 53.3 Å². The average molecular weight is 273 g/mol. The third-order valence-corrected chi connectivity index (χ3v) is 6.24. The van der Waals surface area contributed by atoms with Gasteiger partial charge in [-0.2, -0.15) is 0 Å². The van der Waals surface area contributed by atoms with Gasteiger partial charge in [0, 0.05) is 0 Å². The van der Waals surface area contributed by atoms with Crippen molar-refractivity contribution in [3.05, 3.63) is 0 Å². The third kappa shape index (κ3) is 8.73. The standard InChI is InChI=1S/CH13B4O7P3/c2-1-10-14(6,7)12-15(8,9)11-13(3,4)5/h13H,1-5H2,(H,6,7)(H,8,9). The third-order valence-electron chi connectivity index (χ3n) is 0.888. The maximum absolute atomic E-state index is 11.3. The molecule has 0 aliphatic carbocycles. The van der Waals surface area contributed by atoms with Crippen LogP contribution in [0.5, 0.6) is 0 Å². The van der Waals surface area contributed by atoms with Crippen LogP contribution in [-0.2, 0) is 22.3 Å². The normalized spacial score (nSPS) is 21.5. The second-order valence-electron chi connectivity index (χ2n) is 3.64. The Kier molecular flexibility index (Phi) is 5.87. The fourth-order valence-corrected chi connectivity index (χ4v) is 5.44. The molecule has 0 bridgehead atoms. The van der Waals surface area contributed by atoms with Crippen molar-refractivity contribution in [1.29, 1.82) is 0 Å². The van der Waals surface area contributed by atoms with Gasteiger partial charge in [-0.1, -0.05) is 0 Å². The van der Waals surface area contributed by atoms with Gasteiger partial charge >= 0.3 is 91.9 Å². The summed E-state index contributed by atoms with van der Waals surface area (Å²) in [6.07, 6.45) is 0. The minimum atomic E-state index is -4.54. The molecule has 0 rings (SSSR count). The molecule has 86 valence electrons. The molecule has 0 heterocycles. The number of hydrogen-bond acceptors (Lipinski definition) is 5. The molecular formula is CH13B4O7P3. The first-order valence-electron chi connectivity index (χ1n) is 4.20. The zero-order valence-corrected chi connectivity index (χ0v) is 11.8. The number of hydrogen-bond donors (Lipinski definition) is 2. The molecule has 0 aromatic carbocycles. The van der Waals surface area contributed by atoms with E-state index < -0.39 is 22.8 Å². The summed E-state index contributed by atoms with van der Waals surface area (Å²) in [6, 6.07) is 0. The number of phosphoric ester groups is 1. The maximum atomic E-state index is 11.3. The first kappa shape index (κ1) is 15.9. The zero-order valence-electron chi connectivity index (χ0n) is 9.04. The molecule has 0 saturated heterocycles. The fourth-order valence-electron chi connectivity index (χ4n) is 0.680. The van der Waals surface area contributed by atoms with Gasteiger partial charge in [0.2, 0.25) is 0 Å². The van der Waals surface area contributed by atoms with Crippen molar-refractivity contribution in [3.63, 3.8) is 0 Å². The monoisotopic (exact) mass is 274 g/mol. The van der Waals surface area contributed by atoms with Gasteiger partial charge < -0.3 is 0 Å².